The van der Waals surface area contributed by atoms with Crippen LogP contribution in [0, 0.1) is 5.92 Å². The fourth-order valence-electron chi connectivity index (χ4n) is 3.86. The van der Waals surface area contributed by atoms with Gasteiger partial charge in [0.1, 0.15) is 0 Å². The van der Waals surface area contributed by atoms with E-state index in [-0.39, 0.29) is 0 Å². The number of fused-ring (bicyclic) bond motifs is 1. The van der Waals surface area contributed by atoms with Crippen LogP contribution in [0.4, 0.5) is 0 Å². The van der Waals surface area contributed by atoms with Crippen LogP contribution in [-0.4, -0.2) is 24.5 Å². The van der Waals surface area contributed by atoms with E-state index in [4.69, 9.17) is 5.73 Å². The Bertz CT molecular complexity index is 588. The molecule has 0 spiro atoms. The fraction of sp³-hybridized carbons (Fsp3) is 0.474. The summed E-state index contributed by atoms with van der Waals surface area (Å²) < 4.78 is 0. The Morgan fingerprint density at radius 2 is 1.81 bits per heavy atom. The molecule has 1 saturated carbocycles. The molecule has 1 aliphatic rings. The van der Waals surface area contributed by atoms with Gasteiger partial charge in [0.2, 0.25) is 0 Å². The molecule has 0 heterocycles. The molecule has 2 nitrogen and oxygen atoms in total. The molecule has 0 radical (unpaired) electrons. The van der Waals surface area contributed by atoms with Gasteiger partial charge in [-0.3, -0.25) is 4.90 Å². The molecule has 0 saturated heterocycles. The highest BCUT2D eigenvalue weighted by molar-refractivity contribution is 5.85. The van der Waals surface area contributed by atoms with Crippen molar-refractivity contribution >= 4 is 10.8 Å². The summed E-state index contributed by atoms with van der Waals surface area (Å²) in [6, 6.07) is 16.0. The largest absolute Gasteiger partial charge is 0.330 e. The third-order valence-corrected chi connectivity index (χ3v) is 5.04. The molecular weight excluding hydrogens is 256 g/mol. The van der Waals surface area contributed by atoms with Crippen LogP contribution in [-0.2, 0) is 6.54 Å². The highest BCUT2D eigenvalue weighted by Crippen LogP contribution is 2.29. The first kappa shape index (κ1) is 14.6. The minimum Gasteiger partial charge on any atom is -0.330 e. The Kier molecular flexibility index (Phi) is 4.57. The number of nitrogens with zero attached hydrogens (tertiary/aromatic N) is 1. The van der Waals surface area contributed by atoms with Gasteiger partial charge in [-0.15, -0.1) is 0 Å². The number of rotatable bonds is 4. The van der Waals surface area contributed by atoms with Crippen LogP contribution in [0.2, 0.25) is 0 Å². The molecule has 2 atom stereocenters. The van der Waals surface area contributed by atoms with Crippen LogP contribution in [0.3, 0.4) is 0 Å². The quantitative estimate of drug-likeness (QED) is 0.924. The standard InChI is InChI=1S/C19H26N2/c1-21(19-12-5-3-8-16(19)13-20)14-17-10-6-9-15-7-2-4-11-18(15)17/h2,4,6-7,9-11,16,19H,3,5,8,12-14,20H2,1H3. The monoisotopic (exact) mass is 282 g/mol. The van der Waals surface area contributed by atoms with Gasteiger partial charge in [0.15, 0.2) is 0 Å². The summed E-state index contributed by atoms with van der Waals surface area (Å²) in [6.45, 7) is 1.84. The molecule has 0 aliphatic heterocycles. The summed E-state index contributed by atoms with van der Waals surface area (Å²) in [7, 11) is 2.26. The molecule has 2 N–H and O–H groups in total. The third-order valence-electron chi connectivity index (χ3n) is 5.04. The third kappa shape index (κ3) is 3.12. The van der Waals surface area contributed by atoms with Gasteiger partial charge in [0.25, 0.3) is 0 Å². The molecule has 2 aromatic rings. The molecule has 1 aliphatic carbocycles. The van der Waals surface area contributed by atoms with Crippen LogP contribution in [0.1, 0.15) is 31.2 Å². The van der Waals surface area contributed by atoms with Gasteiger partial charge < -0.3 is 5.73 Å². The zero-order valence-electron chi connectivity index (χ0n) is 13.0. The summed E-state index contributed by atoms with van der Waals surface area (Å²) in [5.41, 5.74) is 7.42. The summed E-state index contributed by atoms with van der Waals surface area (Å²) in [4.78, 5) is 2.53. The molecule has 3 rings (SSSR count). The summed E-state index contributed by atoms with van der Waals surface area (Å²) in [6.07, 6.45) is 5.28. The molecule has 2 unspecified atom stereocenters. The normalized spacial score (nSPS) is 22.8. The van der Waals surface area contributed by atoms with E-state index in [0.29, 0.717) is 12.0 Å². The lowest BCUT2D eigenvalue weighted by atomic mass is 9.83. The zero-order chi connectivity index (χ0) is 14.7. The van der Waals surface area contributed by atoms with Gasteiger partial charge in [-0.1, -0.05) is 55.3 Å². The number of benzene rings is 2. The van der Waals surface area contributed by atoms with Crippen molar-refractivity contribution in [2.75, 3.05) is 13.6 Å². The maximum atomic E-state index is 5.99. The van der Waals surface area contributed by atoms with Crippen LogP contribution in [0.25, 0.3) is 10.8 Å². The molecule has 2 heteroatoms. The number of hydrogen-bond donors (Lipinski definition) is 1. The molecular formula is C19H26N2. The molecule has 2 aromatic carbocycles. The molecule has 1 fully saturated rings. The van der Waals surface area contributed by atoms with Gasteiger partial charge >= 0.3 is 0 Å². The van der Waals surface area contributed by atoms with Crippen LogP contribution < -0.4 is 5.73 Å². The molecule has 112 valence electrons. The molecule has 21 heavy (non-hydrogen) atoms. The highest BCUT2D eigenvalue weighted by Gasteiger charge is 2.27. The van der Waals surface area contributed by atoms with E-state index >= 15 is 0 Å². The predicted molar refractivity (Wildman–Crippen MR) is 90.2 cm³/mol. The summed E-state index contributed by atoms with van der Waals surface area (Å²) in [5.74, 6) is 0.665. The van der Waals surface area contributed by atoms with Crippen molar-refractivity contribution in [3.05, 3.63) is 48.0 Å². The zero-order valence-corrected chi connectivity index (χ0v) is 13.0. The molecule has 0 aromatic heterocycles. The Morgan fingerprint density at radius 1 is 1.05 bits per heavy atom. The van der Waals surface area contributed by atoms with Gasteiger partial charge in [-0.25, -0.2) is 0 Å². The first-order chi connectivity index (χ1) is 10.3. The van der Waals surface area contributed by atoms with Gasteiger partial charge in [0, 0.05) is 12.6 Å². The lowest BCUT2D eigenvalue weighted by molar-refractivity contribution is 0.128. The predicted octanol–water partition coefficient (Wildman–Crippen LogP) is 3.79. The van der Waals surface area contributed by atoms with E-state index in [1.807, 2.05) is 0 Å². The minimum atomic E-state index is 0.641. The van der Waals surface area contributed by atoms with E-state index in [1.165, 1.54) is 42.0 Å². The molecule has 0 bridgehead atoms. The van der Waals surface area contributed by atoms with Crippen molar-refractivity contribution in [1.82, 2.24) is 4.90 Å². The number of nitrogens with two attached hydrogens (primary N) is 1. The van der Waals surface area contributed by atoms with Crippen molar-refractivity contribution in [3.8, 4) is 0 Å². The topological polar surface area (TPSA) is 29.3 Å². The molecule has 0 amide bonds. The Labute approximate surface area is 127 Å². The maximum Gasteiger partial charge on any atom is 0.0239 e. The van der Waals surface area contributed by atoms with Crippen molar-refractivity contribution in [2.45, 2.75) is 38.3 Å². The first-order valence-corrected chi connectivity index (χ1v) is 8.16. The summed E-state index contributed by atoms with van der Waals surface area (Å²) >= 11 is 0. The second-order valence-electron chi connectivity index (χ2n) is 6.40. The summed E-state index contributed by atoms with van der Waals surface area (Å²) in [5, 5.41) is 2.72. The number of hydrogen-bond acceptors (Lipinski definition) is 2. The Hall–Kier alpha value is -1.38. The lowest BCUT2D eigenvalue weighted by Gasteiger charge is -2.37. The SMILES string of the molecule is CN(Cc1cccc2ccccc12)C1CCCCC1CN. The van der Waals surface area contributed by atoms with Crippen LogP contribution in [0.5, 0.6) is 0 Å². The van der Waals surface area contributed by atoms with Crippen LogP contribution >= 0.6 is 0 Å². The maximum absolute atomic E-state index is 5.99. The fourth-order valence-corrected chi connectivity index (χ4v) is 3.86. The van der Waals surface area contributed by atoms with Crippen molar-refractivity contribution in [1.29, 1.82) is 0 Å². The van der Waals surface area contributed by atoms with E-state index in [1.54, 1.807) is 0 Å². The average molecular weight is 282 g/mol. The highest BCUT2D eigenvalue weighted by atomic mass is 15.1. The van der Waals surface area contributed by atoms with Gasteiger partial charge in [-0.2, -0.15) is 0 Å². The second kappa shape index (κ2) is 6.59. The van der Waals surface area contributed by atoms with Gasteiger partial charge in [-0.05, 0) is 48.7 Å². The van der Waals surface area contributed by atoms with E-state index in [0.717, 1.165) is 13.1 Å². The average Bonchev–Trinajstić information content (AvgIpc) is 2.55. The van der Waals surface area contributed by atoms with Crippen molar-refractivity contribution in [2.24, 2.45) is 11.7 Å². The Balaban J connectivity index is 1.81. The first-order valence-electron chi connectivity index (χ1n) is 8.16. The Morgan fingerprint density at radius 3 is 2.67 bits per heavy atom. The van der Waals surface area contributed by atoms with Crippen molar-refractivity contribution < 1.29 is 0 Å². The van der Waals surface area contributed by atoms with Crippen molar-refractivity contribution in [3.63, 3.8) is 0 Å². The van der Waals surface area contributed by atoms with E-state index in [9.17, 15) is 0 Å². The van der Waals surface area contributed by atoms with E-state index in [2.05, 4.69) is 54.4 Å². The van der Waals surface area contributed by atoms with E-state index < -0.39 is 0 Å². The van der Waals surface area contributed by atoms with Crippen LogP contribution in [0.15, 0.2) is 42.5 Å². The smallest absolute Gasteiger partial charge is 0.0239 e. The second-order valence-corrected chi connectivity index (χ2v) is 6.40. The minimum absolute atomic E-state index is 0.641. The van der Waals surface area contributed by atoms with Gasteiger partial charge in [0.05, 0.1) is 0 Å². The lowest BCUT2D eigenvalue weighted by Crippen LogP contribution is -2.42.